The Labute approximate surface area is 99.5 Å². The van der Waals surface area contributed by atoms with Crippen LogP contribution < -0.4 is 4.72 Å². The highest BCUT2D eigenvalue weighted by Gasteiger charge is 2.36. The smallest absolute Gasteiger partial charge is 0.289 e. The molecule has 1 amide bonds. The molecule has 0 unspecified atom stereocenters. The molecule has 0 aromatic carbocycles. The van der Waals surface area contributed by atoms with E-state index in [9.17, 15) is 17.8 Å². The van der Waals surface area contributed by atoms with Crippen LogP contribution in [0.5, 0.6) is 0 Å². The first-order valence-electron chi connectivity index (χ1n) is 4.03. The minimum absolute atomic E-state index is 0.487. The Balaban J connectivity index is 4.93. The summed E-state index contributed by atoms with van der Waals surface area (Å²) in [6.07, 6.45) is 10.4. The first kappa shape index (κ1) is 15.7. The Hall–Kier alpha value is -1.31. The van der Waals surface area contributed by atoms with Crippen molar-refractivity contribution >= 4 is 23.3 Å². The Kier molecular flexibility index (Phi) is 5.94. The van der Waals surface area contributed by atoms with Crippen LogP contribution >= 0.6 is 7.60 Å². The van der Waals surface area contributed by atoms with Crippen LogP contribution in [0.4, 0.5) is 4.79 Å². The van der Waals surface area contributed by atoms with Crippen molar-refractivity contribution in [3.05, 3.63) is 0 Å². The van der Waals surface area contributed by atoms with Crippen molar-refractivity contribution in [1.29, 1.82) is 0 Å². The van der Waals surface area contributed by atoms with E-state index in [0.717, 1.165) is 0 Å². The van der Waals surface area contributed by atoms with Gasteiger partial charge in [-0.05, 0) is 0 Å². The Morgan fingerprint density at radius 1 is 1.29 bits per heavy atom. The zero-order valence-corrected chi connectivity index (χ0v) is 10.6. The summed E-state index contributed by atoms with van der Waals surface area (Å²) in [4.78, 5) is 11.4. The first-order valence-corrected chi connectivity index (χ1v) is 7.47. The standard InChI is InChI=1S/C8H10NO6PS/c1-4-6-14-16(11,15-7-5-2)8(10)9-17(3,12)13/h1-2H,6-7H2,3H3,(H,9,10). The van der Waals surface area contributed by atoms with Gasteiger partial charge in [0.15, 0.2) is 0 Å². The molecule has 0 fully saturated rings. The molecule has 9 heteroatoms. The maximum Gasteiger partial charge on any atom is 0.421 e. The molecule has 0 atom stereocenters. The van der Waals surface area contributed by atoms with Gasteiger partial charge in [-0.25, -0.2) is 17.7 Å². The fourth-order valence-corrected chi connectivity index (χ4v) is 2.67. The van der Waals surface area contributed by atoms with Gasteiger partial charge in [0.2, 0.25) is 10.0 Å². The van der Waals surface area contributed by atoms with Gasteiger partial charge in [-0.15, -0.1) is 12.8 Å². The number of terminal acetylenes is 2. The number of rotatable bonds is 6. The van der Waals surface area contributed by atoms with E-state index in [-0.39, 0.29) is 0 Å². The van der Waals surface area contributed by atoms with E-state index < -0.39 is 36.5 Å². The zero-order chi connectivity index (χ0) is 13.5. The van der Waals surface area contributed by atoms with E-state index in [1.54, 1.807) is 0 Å². The molecule has 0 rings (SSSR count). The topological polar surface area (TPSA) is 98.8 Å². The lowest BCUT2D eigenvalue weighted by Crippen LogP contribution is -2.29. The molecule has 0 heterocycles. The average molecular weight is 279 g/mol. The largest absolute Gasteiger partial charge is 0.421 e. The Morgan fingerprint density at radius 3 is 2.00 bits per heavy atom. The van der Waals surface area contributed by atoms with Crippen molar-refractivity contribution in [2.45, 2.75) is 0 Å². The first-order chi connectivity index (χ1) is 7.75. The number of nitrogens with one attached hydrogen (secondary N) is 1. The summed E-state index contributed by atoms with van der Waals surface area (Å²) in [6.45, 7) is -0.974. The third-order valence-electron chi connectivity index (χ3n) is 1.16. The van der Waals surface area contributed by atoms with Crippen LogP contribution in [0.1, 0.15) is 0 Å². The quantitative estimate of drug-likeness (QED) is 0.549. The van der Waals surface area contributed by atoms with Crippen LogP contribution in [0.25, 0.3) is 0 Å². The molecule has 0 aliphatic carbocycles. The highest BCUT2D eigenvalue weighted by molar-refractivity contribution is 7.91. The van der Waals surface area contributed by atoms with Crippen LogP contribution in [0.3, 0.4) is 0 Å². The van der Waals surface area contributed by atoms with Crippen molar-refractivity contribution in [2.24, 2.45) is 0 Å². The highest BCUT2D eigenvalue weighted by atomic mass is 32.2. The van der Waals surface area contributed by atoms with Gasteiger partial charge in [-0.3, -0.25) is 13.8 Å². The molecule has 0 aliphatic rings. The monoisotopic (exact) mass is 279 g/mol. The molecule has 0 aromatic rings. The molecular formula is C8H10NO6PS. The number of carbonyl (C=O) groups excluding carboxylic acids is 1. The highest BCUT2D eigenvalue weighted by Crippen LogP contribution is 2.48. The number of carbonyl (C=O) groups is 1. The van der Waals surface area contributed by atoms with Crippen molar-refractivity contribution in [1.82, 2.24) is 4.72 Å². The number of amides is 1. The van der Waals surface area contributed by atoms with E-state index in [2.05, 4.69) is 9.05 Å². The number of hydrogen-bond acceptors (Lipinski definition) is 6. The van der Waals surface area contributed by atoms with Crippen LogP contribution in [0.15, 0.2) is 0 Å². The van der Waals surface area contributed by atoms with Crippen molar-refractivity contribution in [2.75, 3.05) is 19.5 Å². The lowest BCUT2D eigenvalue weighted by Gasteiger charge is -2.14. The van der Waals surface area contributed by atoms with Gasteiger partial charge in [0, 0.05) is 0 Å². The van der Waals surface area contributed by atoms with Gasteiger partial charge in [-0.2, -0.15) is 0 Å². The normalized spacial score (nSPS) is 11.2. The molecule has 0 aliphatic heterocycles. The fraction of sp³-hybridized carbons (Fsp3) is 0.375. The van der Waals surface area contributed by atoms with E-state index >= 15 is 0 Å². The van der Waals surface area contributed by atoms with Gasteiger partial charge >= 0.3 is 13.2 Å². The second-order valence-electron chi connectivity index (χ2n) is 2.63. The van der Waals surface area contributed by atoms with E-state index in [1.165, 1.54) is 4.72 Å². The summed E-state index contributed by atoms with van der Waals surface area (Å²) in [7, 11) is -8.25. The lowest BCUT2D eigenvalue weighted by molar-refractivity contribution is 0.223. The molecule has 0 radical (unpaired) electrons. The van der Waals surface area contributed by atoms with Crippen LogP contribution in [0, 0.1) is 24.7 Å². The third kappa shape index (κ3) is 6.10. The lowest BCUT2D eigenvalue weighted by atomic mass is 10.8. The number of hydrogen-bond donors (Lipinski definition) is 1. The van der Waals surface area contributed by atoms with Gasteiger partial charge in [-0.1, -0.05) is 11.8 Å². The summed E-state index contributed by atoms with van der Waals surface area (Å²) in [5.41, 5.74) is -1.44. The molecular weight excluding hydrogens is 269 g/mol. The van der Waals surface area contributed by atoms with Crippen molar-refractivity contribution < 1.29 is 26.8 Å². The van der Waals surface area contributed by atoms with E-state index in [0.29, 0.717) is 6.26 Å². The summed E-state index contributed by atoms with van der Waals surface area (Å²) >= 11 is 0. The predicted molar refractivity (Wildman–Crippen MR) is 60.6 cm³/mol. The maximum atomic E-state index is 11.8. The summed E-state index contributed by atoms with van der Waals surface area (Å²) < 4.78 is 43.9. The molecule has 0 spiro atoms. The van der Waals surface area contributed by atoms with Crippen LogP contribution in [0.2, 0.25) is 0 Å². The summed E-state index contributed by atoms with van der Waals surface area (Å²) in [6, 6.07) is 0. The predicted octanol–water partition coefficient (Wildman–Crippen LogP) is 0.148. The summed E-state index contributed by atoms with van der Waals surface area (Å²) in [5, 5.41) is 0. The molecule has 0 aromatic heterocycles. The molecule has 0 saturated carbocycles. The van der Waals surface area contributed by atoms with Crippen molar-refractivity contribution in [3.8, 4) is 24.7 Å². The van der Waals surface area contributed by atoms with Gasteiger partial charge < -0.3 is 0 Å². The third-order valence-corrected chi connectivity index (χ3v) is 3.41. The maximum absolute atomic E-state index is 11.8. The molecule has 0 bridgehead atoms. The molecule has 7 nitrogen and oxygen atoms in total. The fourth-order valence-electron chi connectivity index (χ4n) is 0.614. The Bertz CT molecular complexity index is 489. The van der Waals surface area contributed by atoms with E-state index in [4.69, 9.17) is 12.8 Å². The van der Waals surface area contributed by atoms with Gasteiger partial charge in [0.1, 0.15) is 13.2 Å². The second-order valence-corrected chi connectivity index (χ2v) is 6.30. The minimum Gasteiger partial charge on any atom is -0.289 e. The SMILES string of the molecule is C#CCOP(=O)(OCC#C)C(=O)NS(C)(=O)=O. The molecule has 17 heavy (non-hydrogen) atoms. The number of sulfonamides is 1. The molecule has 94 valence electrons. The van der Waals surface area contributed by atoms with Gasteiger partial charge in [0.05, 0.1) is 6.26 Å². The zero-order valence-electron chi connectivity index (χ0n) is 8.87. The van der Waals surface area contributed by atoms with Crippen LogP contribution in [-0.4, -0.2) is 33.5 Å². The minimum atomic E-state index is -4.35. The summed E-state index contributed by atoms with van der Waals surface area (Å²) in [5.74, 6) is 3.92. The van der Waals surface area contributed by atoms with Crippen LogP contribution in [-0.2, 0) is 23.6 Å². The molecule has 1 N–H and O–H groups in total. The van der Waals surface area contributed by atoms with Crippen molar-refractivity contribution in [3.63, 3.8) is 0 Å². The second kappa shape index (κ2) is 6.43. The van der Waals surface area contributed by atoms with Gasteiger partial charge in [0.25, 0.3) is 0 Å². The Morgan fingerprint density at radius 2 is 1.71 bits per heavy atom. The van der Waals surface area contributed by atoms with E-state index in [1.807, 2.05) is 11.8 Å². The molecule has 0 saturated heterocycles. The average Bonchev–Trinajstić information content (AvgIpc) is 2.21.